The normalized spacial score (nSPS) is 39.5. The van der Waals surface area contributed by atoms with Crippen LogP contribution in [0.3, 0.4) is 0 Å². The van der Waals surface area contributed by atoms with Crippen LogP contribution in [0.4, 0.5) is 0 Å². The van der Waals surface area contributed by atoms with Crippen LogP contribution in [0.1, 0.15) is 66.2 Å². The van der Waals surface area contributed by atoms with E-state index in [1.165, 1.54) is 0 Å². The van der Waals surface area contributed by atoms with Crippen LogP contribution < -0.4 is 0 Å². The molecular formula is C20H28O5. The van der Waals surface area contributed by atoms with E-state index < -0.39 is 11.7 Å². The predicted octanol–water partition coefficient (Wildman–Crippen LogP) is 3.98. The van der Waals surface area contributed by atoms with E-state index in [1.54, 1.807) is 13.0 Å². The number of carbonyl (C=O) groups excluding carboxylic acids is 2. The zero-order valence-electron chi connectivity index (χ0n) is 15.6. The van der Waals surface area contributed by atoms with E-state index in [0.29, 0.717) is 18.4 Å². The molecule has 3 rings (SSSR count). The highest BCUT2D eigenvalue weighted by molar-refractivity contribution is 5.91. The number of hydrogen-bond acceptors (Lipinski definition) is 5. The van der Waals surface area contributed by atoms with Crippen molar-refractivity contribution in [3.05, 3.63) is 22.8 Å². The van der Waals surface area contributed by atoms with Crippen LogP contribution in [-0.2, 0) is 19.2 Å². The average molecular weight is 348 g/mol. The first-order valence-electron chi connectivity index (χ1n) is 9.17. The molecule has 0 unspecified atom stereocenters. The summed E-state index contributed by atoms with van der Waals surface area (Å²) < 4.78 is 5.74. The Morgan fingerprint density at radius 3 is 2.60 bits per heavy atom. The Morgan fingerprint density at radius 2 is 1.92 bits per heavy atom. The van der Waals surface area contributed by atoms with Gasteiger partial charge in [-0.05, 0) is 63.5 Å². The molecule has 0 radical (unpaired) electrons. The fraction of sp³-hybridized carbons (Fsp3) is 0.700. The maximum atomic E-state index is 12.3. The Balaban J connectivity index is 2.13. The molecule has 1 fully saturated rings. The average Bonchev–Trinajstić information content (AvgIpc) is 2.83. The molecule has 5 heteroatoms. The SMILES string of the molecule is CC1=CC(=O)C[C@@H](C)C[C@H]2OC(=O)C(C)=C3CC[C@@](C)(CC1)[C@@]32OO. The summed E-state index contributed by atoms with van der Waals surface area (Å²) in [7, 11) is 0. The summed E-state index contributed by atoms with van der Waals surface area (Å²) in [6, 6.07) is 0. The van der Waals surface area contributed by atoms with Gasteiger partial charge in [0.1, 0.15) is 6.10 Å². The molecule has 138 valence electrons. The molecule has 0 spiro atoms. The van der Waals surface area contributed by atoms with Gasteiger partial charge < -0.3 is 4.74 Å². The van der Waals surface area contributed by atoms with Crippen molar-refractivity contribution in [1.29, 1.82) is 0 Å². The van der Waals surface area contributed by atoms with Crippen molar-refractivity contribution in [3.8, 4) is 0 Å². The minimum absolute atomic E-state index is 0.0315. The van der Waals surface area contributed by atoms with E-state index in [9.17, 15) is 14.8 Å². The van der Waals surface area contributed by atoms with Crippen LogP contribution >= 0.6 is 0 Å². The van der Waals surface area contributed by atoms with E-state index in [2.05, 4.69) is 6.92 Å². The fourth-order valence-electron chi connectivity index (χ4n) is 5.03. The highest BCUT2D eigenvalue weighted by atomic mass is 17.1. The van der Waals surface area contributed by atoms with E-state index >= 15 is 0 Å². The summed E-state index contributed by atoms with van der Waals surface area (Å²) in [4.78, 5) is 29.8. The van der Waals surface area contributed by atoms with Crippen molar-refractivity contribution >= 4 is 11.8 Å². The standard InChI is InChI=1S/C20H28O5/c1-12-5-7-19(4)8-6-16-14(3)18(22)24-17(20(16,19)25-23)11-13(2)10-15(21)9-12/h9,13,17,23H,5-8,10-11H2,1-4H3/t13-,17-,19-,20-/m1/s1. The molecule has 0 bridgehead atoms. The first-order valence-corrected chi connectivity index (χ1v) is 9.17. The van der Waals surface area contributed by atoms with Gasteiger partial charge in [0.2, 0.25) is 0 Å². The monoisotopic (exact) mass is 348 g/mol. The van der Waals surface area contributed by atoms with E-state index in [0.717, 1.165) is 36.8 Å². The Labute approximate surface area is 149 Å². The van der Waals surface area contributed by atoms with Crippen molar-refractivity contribution in [2.24, 2.45) is 11.3 Å². The molecule has 0 aromatic heterocycles. The summed E-state index contributed by atoms with van der Waals surface area (Å²) in [5.74, 6) is -0.195. The molecule has 1 aliphatic heterocycles. The maximum Gasteiger partial charge on any atom is 0.334 e. The minimum Gasteiger partial charge on any atom is -0.455 e. The summed E-state index contributed by atoms with van der Waals surface area (Å²) in [6.45, 7) is 7.82. The van der Waals surface area contributed by atoms with Gasteiger partial charge >= 0.3 is 5.97 Å². The molecule has 1 N–H and O–H groups in total. The highest BCUT2D eigenvalue weighted by Crippen LogP contribution is 2.60. The molecule has 4 atom stereocenters. The third-order valence-corrected chi connectivity index (χ3v) is 6.52. The lowest BCUT2D eigenvalue weighted by atomic mass is 9.65. The molecule has 0 aromatic carbocycles. The molecular weight excluding hydrogens is 320 g/mol. The minimum atomic E-state index is -1.01. The van der Waals surface area contributed by atoms with Crippen LogP contribution in [0, 0.1) is 11.3 Å². The van der Waals surface area contributed by atoms with Crippen molar-refractivity contribution in [2.45, 2.75) is 77.9 Å². The number of carbonyl (C=O) groups is 2. The van der Waals surface area contributed by atoms with Gasteiger partial charge in [-0.2, -0.15) is 0 Å². The number of rotatable bonds is 1. The lowest BCUT2D eigenvalue weighted by Gasteiger charge is -2.49. The Morgan fingerprint density at radius 1 is 1.24 bits per heavy atom. The summed E-state index contributed by atoms with van der Waals surface area (Å²) >= 11 is 0. The molecule has 2 aliphatic carbocycles. The van der Waals surface area contributed by atoms with Gasteiger partial charge in [-0.15, -0.1) is 0 Å². The van der Waals surface area contributed by atoms with Gasteiger partial charge in [0, 0.05) is 17.4 Å². The first-order chi connectivity index (χ1) is 11.7. The van der Waals surface area contributed by atoms with E-state index in [4.69, 9.17) is 9.62 Å². The highest BCUT2D eigenvalue weighted by Gasteiger charge is 2.65. The maximum absolute atomic E-state index is 12.3. The topological polar surface area (TPSA) is 72.8 Å². The van der Waals surface area contributed by atoms with Crippen molar-refractivity contribution < 1.29 is 24.5 Å². The second-order valence-corrected chi connectivity index (χ2v) is 8.39. The fourth-order valence-corrected chi connectivity index (χ4v) is 5.03. The summed E-state index contributed by atoms with van der Waals surface area (Å²) in [6.07, 6.45) is 5.14. The van der Waals surface area contributed by atoms with Crippen LogP contribution in [0.5, 0.6) is 0 Å². The van der Waals surface area contributed by atoms with Crippen LogP contribution in [0.2, 0.25) is 0 Å². The smallest absolute Gasteiger partial charge is 0.334 e. The molecule has 5 nitrogen and oxygen atoms in total. The number of esters is 1. The van der Waals surface area contributed by atoms with Gasteiger partial charge in [-0.3, -0.25) is 10.1 Å². The van der Waals surface area contributed by atoms with Crippen LogP contribution in [0.15, 0.2) is 22.8 Å². The van der Waals surface area contributed by atoms with Crippen LogP contribution in [0.25, 0.3) is 0 Å². The second-order valence-electron chi connectivity index (χ2n) is 8.39. The Hall–Kier alpha value is -1.46. The van der Waals surface area contributed by atoms with Gasteiger partial charge in [0.25, 0.3) is 0 Å². The zero-order chi connectivity index (χ0) is 18.4. The van der Waals surface area contributed by atoms with Gasteiger partial charge in [-0.25, -0.2) is 9.68 Å². The van der Waals surface area contributed by atoms with Crippen molar-refractivity contribution in [3.63, 3.8) is 0 Å². The van der Waals surface area contributed by atoms with Gasteiger partial charge in [0.05, 0.1) is 0 Å². The lowest BCUT2D eigenvalue weighted by Crippen LogP contribution is -2.58. The van der Waals surface area contributed by atoms with E-state index in [-0.39, 0.29) is 23.1 Å². The van der Waals surface area contributed by atoms with Gasteiger partial charge in [0.15, 0.2) is 11.4 Å². The lowest BCUT2D eigenvalue weighted by molar-refractivity contribution is -0.359. The third kappa shape index (κ3) is 2.77. The second kappa shape index (κ2) is 6.36. The third-order valence-electron chi connectivity index (χ3n) is 6.52. The molecule has 0 saturated heterocycles. The van der Waals surface area contributed by atoms with Crippen molar-refractivity contribution in [1.82, 2.24) is 0 Å². The van der Waals surface area contributed by atoms with Gasteiger partial charge in [-0.1, -0.05) is 19.4 Å². The number of ether oxygens (including phenoxy) is 1. The number of hydrogen-bond donors (Lipinski definition) is 1. The van der Waals surface area contributed by atoms with E-state index in [1.807, 2.05) is 13.8 Å². The molecule has 1 heterocycles. The number of allylic oxidation sites excluding steroid dienone is 2. The Bertz CT molecular complexity index is 661. The molecule has 0 aromatic rings. The van der Waals surface area contributed by atoms with Crippen molar-refractivity contribution in [2.75, 3.05) is 0 Å². The number of ketones is 1. The predicted molar refractivity (Wildman–Crippen MR) is 92.8 cm³/mol. The molecule has 0 amide bonds. The molecule has 1 saturated carbocycles. The largest absolute Gasteiger partial charge is 0.455 e. The van der Waals surface area contributed by atoms with Crippen LogP contribution in [-0.4, -0.2) is 28.7 Å². The zero-order valence-corrected chi connectivity index (χ0v) is 15.6. The first kappa shape index (κ1) is 18.3. The summed E-state index contributed by atoms with van der Waals surface area (Å²) in [5, 5.41) is 10.1. The molecule has 3 aliphatic rings. The Kier molecular flexibility index (Phi) is 4.67. The molecule has 25 heavy (non-hydrogen) atoms. The quantitative estimate of drug-likeness (QED) is 0.441. The summed E-state index contributed by atoms with van der Waals surface area (Å²) in [5.41, 5.74) is 1.11.